The van der Waals surface area contributed by atoms with Gasteiger partial charge in [-0.3, -0.25) is 4.40 Å². The van der Waals surface area contributed by atoms with Gasteiger partial charge in [-0.05, 0) is 42.7 Å². The number of benzene rings is 1. The summed E-state index contributed by atoms with van der Waals surface area (Å²) in [6.45, 7) is 1.06. The molecule has 1 aromatic carbocycles. The third-order valence-corrected chi connectivity index (χ3v) is 7.57. The van der Waals surface area contributed by atoms with Gasteiger partial charge in [0.25, 0.3) is 0 Å². The number of ether oxygens (including phenoxy) is 1. The smallest absolute Gasteiger partial charge is 0.246 e. The van der Waals surface area contributed by atoms with E-state index in [2.05, 4.69) is 10.2 Å². The number of thioether (sulfide) groups is 1. The van der Waals surface area contributed by atoms with Gasteiger partial charge < -0.3 is 4.74 Å². The molecule has 0 N–H and O–H groups in total. The summed E-state index contributed by atoms with van der Waals surface area (Å²) in [6, 6.07) is 8.01. The lowest BCUT2D eigenvalue weighted by Crippen LogP contribution is -2.28. The number of aromatic nitrogens is 3. The molecule has 3 aromatic rings. The molecular formula is C18H19FN4O3S2. The molecule has 28 heavy (non-hydrogen) atoms. The Labute approximate surface area is 166 Å². The van der Waals surface area contributed by atoms with Crippen LogP contribution in [0.1, 0.15) is 18.4 Å². The fourth-order valence-electron chi connectivity index (χ4n) is 3.19. The van der Waals surface area contributed by atoms with E-state index < -0.39 is 15.8 Å². The monoisotopic (exact) mass is 422 g/mol. The zero-order valence-corrected chi connectivity index (χ0v) is 16.8. The van der Waals surface area contributed by atoms with Gasteiger partial charge in [-0.1, -0.05) is 17.8 Å². The first-order chi connectivity index (χ1) is 13.5. The molecule has 0 unspecified atom stereocenters. The van der Waals surface area contributed by atoms with E-state index in [1.807, 2.05) is 0 Å². The van der Waals surface area contributed by atoms with Crippen LogP contribution in [0.3, 0.4) is 0 Å². The molecule has 0 radical (unpaired) electrons. The molecule has 1 saturated heterocycles. The van der Waals surface area contributed by atoms with Crippen LogP contribution in [0.5, 0.6) is 5.75 Å². The second-order valence-corrected chi connectivity index (χ2v) is 9.27. The Morgan fingerprint density at radius 2 is 2.00 bits per heavy atom. The van der Waals surface area contributed by atoms with Crippen LogP contribution < -0.4 is 4.74 Å². The normalized spacial score (nSPS) is 15.4. The summed E-state index contributed by atoms with van der Waals surface area (Å²) in [5.74, 6) is 0.231. The largest absolute Gasteiger partial charge is 0.494 e. The summed E-state index contributed by atoms with van der Waals surface area (Å²) >= 11 is 1.36. The Morgan fingerprint density at radius 1 is 1.21 bits per heavy atom. The lowest BCUT2D eigenvalue weighted by molar-refractivity contribution is 0.386. The van der Waals surface area contributed by atoms with Crippen LogP contribution in [-0.2, 0) is 15.8 Å². The molecule has 1 fully saturated rings. The van der Waals surface area contributed by atoms with Gasteiger partial charge in [0.2, 0.25) is 10.0 Å². The van der Waals surface area contributed by atoms with Crippen molar-refractivity contribution < 1.29 is 17.5 Å². The molecule has 3 heterocycles. The minimum atomic E-state index is -3.60. The molecule has 7 nitrogen and oxygen atoms in total. The first kappa shape index (κ1) is 19.2. The summed E-state index contributed by atoms with van der Waals surface area (Å²) in [6.07, 6.45) is 3.47. The molecule has 1 aliphatic heterocycles. The van der Waals surface area contributed by atoms with Crippen molar-refractivity contribution in [2.75, 3.05) is 20.2 Å². The molecule has 10 heteroatoms. The fraction of sp³-hybridized carbons (Fsp3) is 0.333. The number of rotatable bonds is 6. The van der Waals surface area contributed by atoms with Crippen molar-refractivity contribution in [2.45, 2.75) is 28.6 Å². The number of hydrogen-bond acceptors (Lipinski definition) is 6. The van der Waals surface area contributed by atoms with E-state index in [1.165, 1.54) is 29.2 Å². The van der Waals surface area contributed by atoms with Crippen molar-refractivity contribution in [1.82, 2.24) is 18.9 Å². The quantitative estimate of drug-likeness (QED) is 0.569. The molecule has 0 saturated carbocycles. The molecule has 4 rings (SSSR count). The van der Waals surface area contributed by atoms with Crippen molar-refractivity contribution in [3.8, 4) is 5.75 Å². The summed E-state index contributed by atoms with van der Waals surface area (Å²) < 4.78 is 47.8. The second-order valence-electron chi connectivity index (χ2n) is 6.42. The number of hydrogen-bond donors (Lipinski definition) is 0. The predicted molar refractivity (Wildman–Crippen MR) is 103 cm³/mol. The Bertz CT molecular complexity index is 1110. The Morgan fingerprint density at radius 3 is 2.71 bits per heavy atom. The van der Waals surface area contributed by atoms with Crippen LogP contribution in [0, 0.1) is 5.82 Å². The molecule has 2 aromatic heterocycles. The summed E-state index contributed by atoms with van der Waals surface area (Å²) in [4.78, 5) is 0.159. The van der Waals surface area contributed by atoms with Crippen LogP contribution in [-0.4, -0.2) is 47.5 Å². The maximum absolute atomic E-state index is 13.9. The van der Waals surface area contributed by atoms with E-state index in [0.717, 1.165) is 18.4 Å². The molecular weight excluding hydrogens is 403 g/mol. The number of methoxy groups -OCH3 is 1. The van der Waals surface area contributed by atoms with Crippen LogP contribution in [0.4, 0.5) is 4.39 Å². The third kappa shape index (κ3) is 3.47. The number of halogens is 1. The summed E-state index contributed by atoms with van der Waals surface area (Å²) in [7, 11) is -2.18. The minimum Gasteiger partial charge on any atom is -0.494 e. The molecule has 0 atom stereocenters. The SMILES string of the molecule is COc1ccc(CSc2nnc3c(S(=O)(=O)N4CCCC4)cccn23)cc1F. The Hall–Kier alpha value is -2.17. The van der Waals surface area contributed by atoms with Crippen LogP contribution >= 0.6 is 11.8 Å². The number of nitrogens with zero attached hydrogens (tertiary/aromatic N) is 4. The van der Waals surface area contributed by atoms with E-state index in [9.17, 15) is 12.8 Å². The molecule has 0 bridgehead atoms. The number of sulfonamides is 1. The number of fused-ring (bicyclic) bond motifs is 1. The lowest BCUT2D eigenvalue weighted by Gasteiger charge is -2.15. The molecule has 1 aliphatic rings. The number of pyridine rings is 1. The average molecular weight is 423 g/mol. The van der Waals surface area contributed by atoms with E-state index in [1.54, 1.807) is 34.9 Å². The van der Waals surface area contributed by atoms with Crippen LogP contribution in [0.15, 0.2) is 46.6 Å². The predicted octanol–water partition coefficient (Wildman–Crippen LogP) is 2.95. The summed E-state index contributed by atoms with van der Waals surface area (Å²) in [5, 5.41) is 8.79. The zero-order valence-electron chi connectivity index (χ0n) is 15.2. The summed E-state index contributed by atoms with van der Waals surface area (Å²) in [5.41, 5.74) is 1.07. The van der Waals surface area contributed by atoms with Crippen molar-refractivity contribution in [3.05, 3.63) is 47.9 Å². The van der Waals surface area contributed by atoms with E-state index in [-0.39, 0.29) is 10.6 Å². The van der Waals surface area contributed by atoms with E-state index >= 15 is 0 Å². The maximum atomic E-state index is 13.9. The maximum Gasteiger partial charge on any atom is 0.246 e. The zero-order chi connectivity index (χ0) is 19.7. The minimum absolute atomic E-state index is 0.159. The molecule has 0 aliphatic carbocycles. The van der Waals surface area contributed by atoms with Gasteiger partial charge in [-0.15, -0.1) is 10.2 Å². The van der Waals surface area contributed by atoms with E-state index in [4.69, 9.17) is 4.74 Å². The standard InChI is InChI=1S/C18H19FN4O3S2/c1-26-15-7-6-13(11-14(15)19)12-27-18-21-20-17-16(5-4-10-23(17)18)28(24,25)22-8-2-3-9-22/h4-7,10-11H,2-3,8-9,12H2,1H3. The Kier molecular flexibility index (Phi) is 5.26. The fourth-order valence-corrected chi connectivity index (χ4v) is 5.68. The van der Waals surface area contributed by atoms with Crippen molar-refractivity contribution in [1.29, 1.82) is 0 Å². The van der Waals surface area contributed by atoms with Gasteiger partial charge in [-0.2, -0.15) is 4.31 Å². The van der Waals surface area contributed by atoms with Gasteiger partial charge in [0.05, 0.1) is 7.11 Å². The van der Waals surface area contributed by atoms with E-state index in [0.29, 0.717) is 29.6 Å². The first-order valence-corrected chi connectivity index (χ1v) is 11.2. The molecule has 148 valence electrons. The van der Waals surface area contributed by atoms with Crippen molar-refractivity contribution >= 4 is 27.4 Å². The van der Waals surface area contributed by atoms with Gasteiger partial charge >= 0.3 is 0 Å². The molecule has 0 spiro atoms. The van der Waals surface area contributed by atoms with Crippen LogP contribution in [0.2, 0.25) is 0 Å². The average Bonchev–Trinajstić information content (AvgIpc) is 3.36. The highest BCUT2D eigenvalue weighted by atomic mass is 32.2. The highest BCUT2D eigenvalue weighted by Gasteiger charge is 2.30. The highest BCUT2D eigenvalue weighted by Crippen LogP contribution is 2.28. The van der Waals surface area contributed by atoms with Crippen LogP contribution in [0.25, 0.3) is 5.65 Å². The van der Waals surface area contributed by atoms with Gasteiger partial charge in [0.15, 0.2) is 22.4 Å². The lowest BCUT2D eigenvalue weighted by atomic mass is 10.2. The highest BCUT2D eigenvalue weighted by molar-refractivity contribution is 7.98. The third-order valence-electron chi connectivity index (χ3n) is 4.63. The Balaban J connectivity index is 1.61. The van der Waals surface area contributed by atoms with Gasteiger partial charge in [0, 0.05) is 25.0 Å². The topological polar surface area (TPSA) is 76.8 Å². The first-order valence-electron chi connectivity index (χ1n) is 8.80. The van der Waals surface area contributed by atoms with Gasteiger partial charge in [0.1, 0.15) is 4.90 Å². The van der Waals surface area contributed by atoms with Crippen molar-refractivity contribution in [3.63, 3.8) is 0 Å². The second kappa shape index (κ2) is 7.69. The van der Waals surface area contributed by atoms with Crippen molar-refractivity contribution in [2.24, 2.45) is 0 Å². The van der Waals surface area contributed by atoms with Gasteiger partial charge in [-0.25, -0.2) is 12.8 Å². The molecule has 0 amide bonds.